The second kappa shape index (κ2) is 4.02. The van der Waals surface area contributed by atoms with Crippen molar-refractivity contribution in [2.45, 2.75) is 33.1 Å². The Balaban J connectivity index is 2.29. The summed E-state index contributed by atoms with van der Waals surface area (Å²) in [6.07, 6.45) is 1.04. The minimum Gasteiger partial charge on any atom is -0.384 e. The Hall–Kier alpha value is -1.58. The number of hydrogen-bond acceptors (Lipinski definition) is 3. The maximum Gasteiger partial charge on any atom is 0.269 e. The fourth-order valence-corrected chi connectivity index (χ4v) is 2.43. The van der Waals surface area contributed by atoms with Crippen LogP contribution in [0.25, 0.3) is 0 Å². The lowest BCUT2D eigenvalue weighted by Crippen LogP contribution is -2.13. The zero-order valence-corrected chi connectivity index (χ0v) is 10.5. The first kappa shape index (κ1) is 11.9. The maximum atomic E-state index is 10.8. The molecular formula is C13H18N2O2. The molecule has 1 heterocycles. The Labute approximate surface area is 101 Å². The van der Waals surface area contributed by atoms with Gasteiger partial charge in [0, 0.05) is 30.3 Å². The highest BCUT2D eigenvalue weighted by Crippen LogP contribution is 2.40. The highest BCUT2D eigenvalue weighted by molar-refractivity contribution is 5.61. The van der Waals surface area contributed by atoms with E-state index in [1.54, 1.807) is 12.1 Å². The predicted octanol–water partition coefficient (Wildman–Crippen LogP) is 3.54. The third kappa shape index (κ3) is 2.57. The van der Waals surface area contributed by atoms with Crippen LogP contribution in [0.15, 0.2) is 18.2 Å². The normalized spacial score (nSPS) is 18.6. The number of benzene rings is 1. The van der Waals surface area contributed by atoms with Gasteiger partial charge in [-0.15, -0.1) is 0 Å². The average molecular weight is 234 g/mol. The second-order valence-electron chi connectivity index (χ2n) is 5.87. The van der Waals surface area contributed by atoms with Crippen LogP contribution in [0.1, 0.15) is 38.7 Å². The Morgan fingerprint density at radius 3 is 2.76 bits per heavy atom. The van der Waals surface area contributed by atoms with E-state index >= 15 is 0 Å². The molecule has 1 aromatic carbocycles. The van der Waals surface area contributed by atoms with E-state index in [0.29, 0.717) is 5.92 Å². The van der Waals surface area contributed by atoms with Gasteiger partial charge in [-0.1, -0.05) is 20.8 Å². The van der Waals surface area contributed by atoms with Crippen LogP contribution in [0.3, 0.4) is 0 Å². The van der Waals surface area contributed by atoms with Crippen LogP contribution in [0.5, 0.6) is 0 Å². The Kier molecular flexibility index (Phi) is 2.81. The number of nitro groups is 1. The minimum atomic E-state index is -0.327. The monoisotopic (exact) mass is 234 g/mol. The third-order valence-electron chi connectivity index (χ3n) is 3.08. The molecule has 0 amide bonds. The summed E-state index contributed by atoms with van der Waals surface area (Å²) < 4.78 is 0. The smallest absolute Gasteiger partial charge is 0.269 e. The molecule has 0 spiro atoms. The van der Waals surface area contributed by atoms with Crippen LogP contribution in [0.4, 0.5) is 11.4 Å². The summed E-state index contributed by atoms with van der Waals surface area (Å²) >= 11 is 0. The van der Waals surface area contributed by atoms with Crippen LogP contribution in [-0.4, -0.2) is 11.5 Å². The van der Waals surface area contributed by atoms with Crippen molar-refractivity contribution in [3.8, 4) is 0 Å². The van der Waals surface area contributed by atoms with Crippen molar-refractivity contribution in [3.05, 3.63) is 33.9 Å². The lowest BCUT2D eigenvalue weighted by Gasteiger charge is -2.22. The van der Waals surface area contributed by atoms with Crippen molar-refractivity contribution in [2.24, 2.45) is 5.41 Å². The number of non-ortho nitro benzene ring substituents is 1. The molecule has 0 aromatic heterocycles. The third-order valence-corrected chi connectivity index (χ3v) is 3.08. The maximum absolute atomic E-state index is 10.8. The number of hydrogen-bond donors (Lipinski definition) is 1. The van der Waals surface area contributed by atoms with E-state index in [4.69, 9.17) is 0 Å². The molecule has 0 radical (unpaired) electrons. The van der Waals surface area contributed by atoms with E-state index < -0.39 is 0 Å². The number of nitro benzene ring substituents is 1. The molecule has 4 nitrogen and oxygen atoms in total. The summed E-state index contributed by atoms with van der Waals surface area (Å²) in [6.45, 7) is 7.47. The lowest BCUT2D eigenvalue weighted by molar-refractivity contribution is -0.384. The van der Waals surface area contributed by atoms with Gasteiger partial charge in [-0.25, -0.2) is 0 Å². The van der Waals surface area contributed by atoms with Crippen LogP contribution in [0, 0.1) is 15.5 Å². The largest absolute Gasteiger partial charge is 0.384 e. The lowest BCUT2D eigenvalue weighted by atomic mass is 9.82. The topological polar surface area (TPSA) is 55.2 Å². The molecule has 0 aliphatic carbocycles. The van der Waals surface area contributed by atoms with E-state index in [2.05, 4.69) is 26.1 Å². The molecule has 4 heteroatoms. The van der Waals surface area contributed by atoms with Crippen molar-refractivity contribution >= 4 is 11.4 Å². The van der Waals surface area contributed by atoms with Crippen molar-refractivity contribution in [2.75, 3.05) is 11.9 Å². The fraction of sp³-hybridized carbons (Fsp3) is 0.538. The van der Waals surface area contributed by atoms with E-state index in [0.717, 1.165) is 24.2 Å². The Morgan fingerprint density at radius 2 is 2.18 bits per heavy atom. The summed E-state index contributed by atoms with van der Waals surface area (Å²) in [5, 5.41) is 14.1. The van der Waals surface area contributed by atoms with Gasteiger partial charge >= 0.3 is 0 Å². The van der Waals surface area contributed by atoms with Crippen LogP contribution in [-0.2, 0) is 0 Å². The first-order chi connectivity index (χ1) is 7.87. The summed E-state index contributed by atoms with van der Waals surface area (Å²) in [6, 6.07) is 5.09. The standard InChI is InChI=1S/C13H18N2O2/c1-13(2,3)7-9-8-14-12-5-4-10(15(16)17)6-11(9)12/h4-6,9,14H,7-8H2,1-3H3. The number of nitrogens with one attached hydrogen (secondary N) is 1. The van der Waals surface area contributed by atoms with Gasteiger partial charge in [0.25, 0.3) is 5.69 Å². The molecule has 0 saturated heterocycles. The highest BCUT2D eigenvalue weighted by Gasteiger charge is 2.28. The minimum absolute atomic E-state index is 0.186. The number of fused-ring (bicyclic) bond motifs is 1. The molecule has 1 N–H and O–H groups in total. The van der Waals surface area contributed by atoms with E-state index in [1.165, 1.54) is 0 Å². The zero-order chi connectivity index (χ0) is 12.6. The Bertz CT molecular complexity index is 449. The predicted molar refractivity (Wildman–Crippen MR) is 68.4 cm³/mol. The van der Waals surface area contributed by atoms with Crippen molar-refractivity contribution in [1.29, 1.82) is 0 Å². The second-order valence-corrected chi connectivity index (χ2v) is 5.87. The summed E-state index contributed by atoms with van der Waals surface area (Å²) in [7, 11) is 0. The molecule has 17 heavy (non-hydrogen) atoms. The van der Waals surface area contributed by atoms with E-state index in [-0.39, 0.29) is 16.0 Å². The van der Waals surface area contributed by atoms with Crippen LogP contribution >= 0.6 is 0 Å². The fourth-order valence-electron chi connectivity index (χ4n) is 2.43. The molecule has 1 aromatic rings. The van der Waals surface area contributed by atoms with Gasteiger partial charge in [0.15, 0.2) is 0 Å². The molecule has 1 unspecified atom stereocenters. The number of rotatable bonds is 2. The van der Waals surface area contributed by atoms with Crippen molar-refractivity contribution < 1.29 is 4.92 Å². The molecule has 1 aliphatic heterocycles. The van der Waals surface area contributed by atoms with Gasteiger partial charge in [0.05, 0.1) is 4.92 Å². The number of anilines is 1. The van der Waals surface area contributed by atoms with E-state index in [9.17, 15) is 10.1 Å². The highest BCUT2D eigenvalue weighted by atomic mass is 16.6. The van der Waals surface area contributed by atoms with Crippen molar-refractivity contribution in [1.82, 2.24) is 0 Å². The van der Waals surface area contributed by atoms with Gasteiger partial charge in [0.2, 0.25) is 0 Å². The quantitative estimate of drug-likeness (QED) is 0.629. The first-order valence-electron chi connectivity index (χ1n) is 5.89. The van der Waals surface area contributed by atoms with Crippen LogP contribution in [0.2, 0.25) is 0 Å². The van der Waals surface area contributed by atoms with Crippen LogP contribution < -0.4 is 5.32 Å². The SMILES string of the molecule is CC(C)(C)CC1CNc2ccc([N+](=O)[O-])cc21. The molecule has 2 rings (SSSR count). The van der Waals surface area contributed by atoms with Gasteiger partial charge in [-0.2, -0.15) is 0 Å². The molecule has 0 fully saturated rings. The van der Waals surface area contributed by atoms with Gasteiger partial charge in [-0.05, 0) is 23.5 Å². The Morgan fingerprint density at radius 1 is 1.47 bits per heavy atom. The summed E-state index contributed by atoms with van der Waals surface area (Å²) in [5.41, 5.74) is 2.56. The zero-order valence-electron chi connectivity index (χ0n) is 10.5. The summed E-state index contributed by atoms with van der Waals surface area (Å²) in [4.78, 5) is 10.5. The molecular weight excluding hydrogens is 216 g/mol. The van der Waals surface area contributed by atoms with Gasteiger partial charge < -0.3 is 5.32 Å². The molecule has 1 aliphatic rings. The molecule has 0 bridgehead atoms. The molecule has 92 valence electrons. The molecule has 1 atom stereocenters. The number of nitrogens with zero attached hydrogens (tertiary/aromatic N) is 1. The van der Waals surface area contributed by atoms with Gasteiger partial charge in [0.1, 0.15) is 0 Å². The first-order valence-corrected chi connectivity index (χ1v) is 5.89. The van der Waals surface area contributed by atoms with E-state index in [1.807, 2.05) is 6.07 Å². The molecule has 0 saturated carbocycles. The van der Waals surface area contributed by atoms with Crippen molar-refractivity contribution in [3.63, 3.8) is 0 Å². The summed E-state index contributed by atoms with van der Waals surface area (Å²) in [5.74, 6) is 0.380. The van der Waals surface area contributed by atoms with Gasteiger partial charge in [-0.3, -0.25) is 10.1 Å². The average Bonchev–Trinajstić information content (AvgIpc) is 2.58.